The van der Waals surface area contributed by atoms with Gasteiger partial charge in [0.2, 0.25) is 0 Å². The van der Waals surface area contributed by atoms with Crippen molar-refractivity contribution in [2.45, 2.75) is 13.3 Å². The predicted molar refractivity (Wildman–Crippen MR) is 57.4 cm³/mol. The Morgan fingerprint density at radius 3 is 2.86 bits per heavy atom. The van der Waals surface area contributed by atoms with Gasteiger partial charge in [0.15, 0.2) is 0 Å². The molecule has 0 bridgehead atoms. The Balaban J connectivity index is 2.90. The normalized spacial score (nSPS) is 10.4. The Morgan fingerprint density at radius 1 is 1.50 bits per heavy atom. The third kappa shape index (κ3) is 2.94. The highest BCUT2D eigenvalue weighted by Gasteiger charge is 2.00. The quantitative estimate of drug-likeness (QED) is 0.770. The van der Waals surface area contributed by atoms with Crippen LogP contribution in [0.5, 0.6) is 0 Å². The van der Waals surface area contributed by atoms with Crippen LogP contribution in [0.4, 0.5) is 10.5 Å². The van der Waals surface area contributed by atoms with Gasteiger partial charge in [0.25, 0.3) is 0 Å². The molecule has 0 saturated carbocycles. The van der Waals surface area contributed by atoms with Crippen LogP contribution in [0.1, 0.15) is 18.9 Å². The minimum absolute atomic E-state index is 0.615. The Kier molecular flexibility index (Phi) is 3.73. The first-order valence-corrected chi connectivity index (χ1v) is 4.49. The summed E-state index contributed by atoms with van der Waals surface area (Å²) in [5.74, 6) is 0. The molecular formula is C11H13NO2. The number of anilines is 1. The van der Waals surface area contributed by atoms with Crippen LogP contribution in [0, 0.1) is 0 Å². The third-order valence-corrected chi connectivity index (χ3v) is 1.74. The Hall–Kier alpha value is -1.77. The molecule has 0 unspecified atom stereocenters. The summed E-state index contributed by atoms with van der Waals surface area (Å²) in [5, 5.41) is 10.9. The molecule has 1 aromatic rings. The van der Waals surface area contributed by atoms with Crippen molar-refractivity contribution in [3.05, 3.63) is 35.9 Å². The average molecular weight is 191 g/mol. The number of carboxylic acid groups (broad SMARTS) is 1. The lowest BCUT2D eigenvalue weighted by atomic mass is 10.1. The highest BCUT2D eigenvalue weighted by atomic mass is 16.4. The lowest BCUT2D eigenvalue weighted by Gasteiger charge is -2.04. The fourth-order valence-electron chi connectivity index (χ4n) is 1.12. The van der Waals surface area contributed by atoms with E-state index < -0.39 is 6.09 Å². The van der Waals surface area contributed by atoms with Crippen molar-refractivity contribution in [3.63, 3.8) is 0 Å². The number of hydrogen-bond donors (Lipinski definition) is 2. The molecule has 0 radical (unpaired) electrons. The average Bonchev–Trinajstić information content (AvgIpc) is 2.16. The first kappa shape index (κ1) is 10.3. The van der Waals surface area contributed by atoms with Crippen molar-refractivity contribution in [2.75, 3.05) is 5.32 Å². The van der Waals surface area contributed by atoms with Gasteiger partial charge < -0.3 is 5.11 Å². The molecule has 0 spiro atoms. The number of para-hydroxylation sites is 1. The first-order chi connectivity index (χ1) is 6.74. The third-order valence-electron chi connectivity index (χ3n) is 1.74. The number of carbonyl (C=O) groups is 1. The van der Waals surface area contributed by atoms with E-state index in [2.05, 4.69) is 5.32 Å². The molecule has 1 amide bonds. The van der Waals surface area contributed by atoms with E-state index in [1.54, 1.807) is 12.1 Å². The van der Waals surface area contributed by atoms with Gasteiger partial charge in [-0.15, -0.1) is 0 Å². The summed E-state index contributed by atoms with van der Waals surface area (Å²) in [6.45, 7) is 2.03. The smallest absolute Gasteiger partial charge is 0.409 e. The fraction of sp³-hybridized carbons (Fsp3) is 0.182. The number of rotatable bonds is 3. The van der Waals surface area contributed by atoms with Crippen LogP contribution in [-0.2, 0) is 0 Å². The molecule has 0 atom stereocenters. The van der Waals surface area contributed by atoms with E-state index >= 15 is 0 Å². The molecule has 0 aliphatic carbocycles. The fourth-order valence-corrected chi connectivity index (χ4v) is 1.12. The van der Waals surface area contributed by atoms with E-state index in [9.17, 15) is 4.79 Å². The van der Waals surface area contributed by atoms with Gasteiger partial charge in [0, 0.05) is 0 Å². The molecule has 0 aliphatic rings. The van der Waals surface area contributed by atoms with Gasteiger partial charge in [-0.05, 0) is 18.1 Å². The second-order valence-electron chi connectivity index (χ2n) is 2.83. The molecule has 2 N–H and O–H groups in total. The zero-order chi connectivity index (χ0) is 10.4. The second-order valence-corrected chi connectivity index (χ2v) is 2.83. The standard InChI is InChI=1S/C11H13NO2/c1-2-3-6-9-7-4-5-8-10(9)12-11(13)14/h3-8,12H,2H2,1H3,(H,13,14). The van der Waals surface area contributed by atoms with Gasteiger partial charge in [-0.25, -0.2) is 4.79 Å². The maximum atomic E-state index is 10.5. The summed E-state index contributed by atoms with van der Waals surface area (Å²) >= 11 is 0. The predicted octanol–water partition coefficient (Wildman–Crippen LogP) is 3.20. The summed E-state index contributed by atoms with van der Waals surface area (Å²) in [6, 6.07) is 7.29. The molecule has 0 saturated heterocycles. The van der Waals surface area contributed by atoms with Gasteiger partial charge in [0.1, 0.15) is 0 Å². The highest BCUT2D eigenvalue weighted by molar-refractivity contribution is 5.86. The summed E-state index contributed by atoms with van der Waals surface area (Å²) in [5.41, 5.74) is 1.50. The van der Waals surface area contributed by atoms with E-state index in [1.807, 2.05) is 31.2 Å². The first-order valence-electron chi connectivity index (χ1n) is 4.49. The molecule has 14 heavy (non-hydrogen) atoms. The summed E-state index contributed by atoms with van der Waals surface area (Å²) < 4.78 is 0. The van der Waals surface area contributed by atoms with Gasteiger partial charge in [-0.2, -0.15) is 0 Å². The zero-order valence-corrected chi connectivity index (χ0v) is 8.03. The maximum absolute atomic E-state index is 10.5. The Morgan fingerprint density at radius 2 is 2.21 bits per heavy atom. The molecule has 74 valence electrons. The highest BCUT2D eigenvalue weighted by Crippen LogP contribution is 2.16. The number of allylic oxidation sites excluding steroid dienone is 1. The van der Waals surface area contributed by atoms with E-state index in [4.69, 9.17) is 5.11 Å². The molecule has 0 fully saturated rings. The van der Waals surface area contributed by atoms with Crippen LogP contribution < -0.4 is 5.32 Å². The molecule has 0 aromatic heterocycles. The van der Waals surface area contributed by atoms with Crippen molar-refractivity contribution in [3.8, 4) is 0 Å². The molecule has 3 nitrogen and oxygen atoms in total. The maximum Gasteiger partial charge on any atom is 0.409 e. The zero-order valence-electron chi connectivity index (χ0n) is 8.03. The van der Waals surface area contributed by atoms with Gasteiger partial charge in [0.05, 0.1) is 5.69 Å². The van der Waals surface area contributed by atoms with Crippen molar-refractivity contribution in [1.29, 1.82) is 0 Å². The van der Waals surface area contributed by atoms with Crippen LogP contribution in [0.25, 0.3) is 6.08 Å². The van der Waals surface area contributed by atoms with Crippen molar-refractivity contribution in [2.24, 2.45) is 0 Å². The topological polar surface area (TPSA) is 49.3 Å². The van der Waals surface area contributed by atoms with Gasteiger partial charge in [-0.1, -0.05) is 37.3 Å². The lowest BCUT2D eigenvalue weighted by Crippen LogP contribution is -2.08. The van der Waals surface area contributed by atoms with Gasteiger partial charge in [-0.3, -0.25) is 5.32 Å². The molecule has 0 heterocycles. The van der Waals surface area contributed by atoms with E-state index in [0.29, 0.717) is 5.69 Å². The van der Waals surface area contributed by atoms with E-state index in [-0.39, 0.29) is 0 Å². The molecule has 3 heteroatoms. The van der Waals surface area contributed by atoms with E-state index in [1.165, 1.54) is 0 Å². The minimum Gasteiger partial charge on any atom is -0.465 e. The lowest BCUT2D eigenvalue weighted by molar-refractivity contribution is 0.209. The van der Waals surface area contributed by atoms with Gasteiger partial charge >= 0.3 is 6.09 Å². The largest absolute Gasteiger partial charge is 0.465 e. The molecule has 1 rings (SSSR count). The van der Waals surface area contributed by atoms with Crippen molar-refractivity contribution in [1.82, 2.24) is 0 Å². The minimum atomic E-state index is -1.04. The van der Waals surface area contributed by atoms with Crippen molar-refractivity contribution >= 4 is 17.9 Å². The molecule has 1 aromatic carbocycles. The monoisotopic (exact) mass is 191 g/mol. The Bertz CT molecular complexity index is 345. The second kappa shape index (κ2) is 5.07. The summed E-state index contributed by atoms with van der Waals surface area (Å²) in [7, 11) is 0. The van der Waals surface area contributed by atoms with Crippen LogP contribution >= 0.6 is 0 Å². The SMILES string of the molecule is CCC=Cc1ccccc1NC(=O)O. The molecule has 0 aliphatic heterocycles. The Labute approximate surface area is 83.1 Å². The molecular weight excluding hydrogens is 178 g/mol. The van der Waals surface area contributed by atoms with E-state index in [0.717, 1.165) is 12.0 Å². The van der Waals surface area contributed by atoms with Crippen molar-refractivity contribution < 1.29 is 9.90 Å². The number of hydrogen-bond acceptors (Lipinski definition) is 1. The van der Waals surface area contributed by atoms with Crippen LogP contribution in [0.3, 0.4) is 0 Å². The number of amides is 1. The summed E-state index contributed by atoms with van der Waals surface area (Å²) in [6.07, 6.45) is 3.79. The van der Waals surface area contributed by atoms with Crippen LogP contribution in [0.15, 0.2) is 30.3 Å². The number of benzene rings is 1. The van der Waals surface area contributed by atoms with Crippen LogP contribution in [0.2, 0.25) is 0 Å². The number of nitrogens with one attached hydrogen (secondary N) is 1. The van der Waals surface area contributed by atoms with Crippen LogP contribution in [-0.4, -0.2) is 11.2 Å². The summed E-state index contributed by atoms with van der Waals surface area (Å²) in [4.78, 5) is 10.5.